The zero-order valence-corrected chi connectivity index (χ0v) is 18.5. The predicted octanol–water partition coefficient (Wildman–Crippen LogP) is -1.63. The average molecular weight is 412 g/mol. The summed E-state index contributed by atoms with van der Waals surface area (Å²) in [5.74, 6) is 0. The van der Waals surface area contributed by atoms with Gasteiger partial charge in [0.2, 0.25) is 0 Å². The molecule has 152 valence electrons. The molecular formula is C22H35Cl2N3. The molecule has 0 bridgehead atoms. The van der Waals surface area contributed by atoms with E-state index in [4.69, 9.17) is 0 Å². The minimum atomic E-state index is 0. The molecule has 2 aliphatic heterocycles. The van der Waals surface area contributed by atoms with Gasteiger partial charge in [0.05, 0.1) is 45.8 Å². The number of nitrogens with zero attached hydrogens (tertiary/aromatic N) is 3. The van der Waals surface area contributed by atoms with Crippen molar-refractivity contribution in [3.63, 3.8) is 0 Å². The molecule has 2 saturated heterocycles. The Balaban J connectivity index is 0.00000131. The van der Waals surface area contributed by atoms with Gasteiger partial charge in [-0.2, -0.15) is 0 Å². The molecule has 0 N–H and O–H groups in total. The summed E-state index contributed by atoms with van der Waals surface area (Å²) in [4.78, 5) is 0. The van der Waals surface area contributed by atoms with Crippen LogP contribution in [0.25, 0.3) is 10.9 Å². The van der Waals surface area contributed by atoms with Crippen LogP contribution >= 0.6 is 0 Å². The van der Waals surface area contributed by atoms with E-state index in [1.165, 1.54) is 91.1 Å². The zero-order valence-electron chi connectivity index (χ0n) is 17.0. The lowest BCUT2D eigenvalue weighted by atomic mass is 10.1. The van der Waals surface area contributed by atoms with Gasteiger partial charge in [0, 0.05) is 17.1 Å². The third kappa shape index (κ3) is 5.00. The Morgan fingerprint density at radius 2 is 1.33 bits per heavy atom. The second-order valence-electron chi connectivity index (χ2n) is 9.20. The monoisotopic (exact) mass is 411 g/mol. The van der Waals surface area contributed by atoms with Crippen molar-refractivity contribution in [1.82, 2.24) is 4.57 Å². The molecule has 0 amide bonds. The second-order valence-corrected chi connectivity index (χ2v) is 9.20. The predicted molar refractivity (Wildman–Crippen MR) is 105 cm³/mol. The van der Waals surface area contributed by atoms with Crippen molar-refractivity contribution >= 4 is 10.9 Å². The Morgan fingerprint density at radius 1 is 0.778 bits per heavy atom. The summed E-state index contributed by atoms with van der Waals surface area (Å²) in [7, 11) is 4.91. The lowest BCUT2D eigenvalue weighted by molar-refractivity contribution is -0.935. The van der Waals surface area contributed by atoms with Crippen molar-refractivity contribution < 1.29 is 33.8 Å². The molecule has 0 spiro atoms. The van der Waals surface area contributed by atoms with Gasteiger partial charge in [-0.25, -0.2) is 0 Å². The van der Waals surface area contributed by atoms with E-state index >= 15 is 0 Å². The van der Waals surface area contributed by atoms with E-state index in [0.29, 0.717) is 0 Å². The van der Waals surface area contributed by atoms with Crippen LogP contribution in [0.5, 0.6) is 0 Å². The summed E-state index contributed by atoms with van der Waals surface area (Å²) < 4.78 is 4.98. The highest BCUT2D eigenvalue weighted by Crippen LogP contribution is 2.28. The normalized spacial score (nSPS) is 21.3. The van der Waals surface area contributed by atoms with Crippen LogP contribution in [0.15, 0.2) is 30.5 Å². The Hall–Kier alpha value is -0.740. The van der Waals surface area contributed by atoms with Gasteiger partial charge in [-0.05, 0) is 44.6 Å². The molecule has 2 aromatic rings. The summed E-state index contributed by atoms with van der Waals surface area (Å²) in [6.45, 7) is 7.66. The molecule has 5 heteroatoms. The van der Waals surface area contributed by atoms with Gasteiger partial charge < -0.3 is 33.8 Å². The number of piperidine rings is 2. The molecule has 1 aromatic heterocycles. The van der Waals surface area contributed by atoms with E-state index in [9.17, 15) is 0 Å². The molecule has 1 aromatic carbocycles. The van der Waals surface area contributed by atoms with E-state index in [0.717, 1.165) is 6.67 Å². The average Bonchev–Trinajstić information content (AvgIpc) is 2.93. The van der Waals surface area contributed by atoms with Crippen LogP contribution in [0.2, 0.25) is 0 Å². The third-order valence-corrected chi connectivity index (χ3v) is 6.71. The van der Waals surface area contributed by atoms with Gasteiger partial charge in [0.25, 0.3) is 0 Å². The summed E-state index contributed by atoms with van der Waals surface area (Å²) in [5.41, 5.74) is 3.00. The molecule has 27 heavy (non-hydrogen) atoms. The quantitative estimate of drug-likeness (QED) is 0.532. The van der Waals surface area contributed by atoms with Crippen LogP contribution in [-0.2, 0) is 13.2 Å². The molecule has 0 saturated carbocycles. The molecule has 4 rings (SSSR count). The summed E-state index contributed by atoms with van der Waals surface area (Å²) in [6, 6.07) is 9.08. The van der Waals surface area contributed by atoms with Crippen LogP contribution in [0, 0.1) is 0 Å². The molecule has 2 aliphatic rings. The van der Waals surface area contributed by atoms with Crippen LogP contribution < -0.4 is 24.8 Å². The fraction of sp³-hybridized carbons (Fsp3) is 0.636. The highest BCUT2D eigenvalue weighted by molar-refractivity contribution is 5.83. The first kappa shape index (κ1) is 22.5. The summed E-state index contributed by atoms with van der Waals surface area (Å²) in [6.07, 6.45) is 10.9. The molecule has 0 atom stereocenters. The van der Waals surface area contributed by atoms with E-state index in [-0.39, 0.29) is 24.8 Å². The number of halogens is 2. The number of para-hydroxylation sites is 1. The molecule has 3 nitrogen and oxygen atoms in total. The van der Waals surface area contributed by atoms with Crippen LogP contribution in [-0.4, -0.2) is 53.8 Å². The molecule has 0 radical (unpaired) electrons. The first-order chi connectivity index (χ1) is 12.1. The maximum atomic E-state index is 2.56. The van der Waals surface area contributed by atoms with Crippen LogP contribution in [0.3, 0.4) is 0 Å². The summed E-state index contributed by atoms with van der Waals surface area (Å²) in [5, 5.41) is 1.48. The topological polar surface area (TPSA) is 4.93 Å². The van der Waals surface area contributed by atoms with Gasteiger partial charge in [-0.15, -0.1) is 0 Å². The maximum absolute atomic E-state index is 2.56. The van der Waals surface area contributed by atoms with E-state index < -0.39 is 0 Å². The van der Waals surface area contributed by atoms with Crippen molar-refractivity contribution in [2.75, 3.05) is 40.3 Å². The van der Waals surface area contributed by atoms with Crippen molar-refractivity contribution in [3.8, 4) is 0 Å². The number of likely N-dealkylation sites (tertiary alicyclic amines) is 2. The number of hydrogen-bond acceptors (Lipinski definition) is 0. The first-order valence-corrected chi connectivity index (χ1v) is 10.3. The molecule has 0 aliphatic carbocycles. The number of quaternary nitrogens is 2. The number of rotatable bonds is 4. The smallest absolute Gasteiger partial charge is 0.158 e. The van der Waals surface area contributed by atoms with Crippen molar-refractivity contribution in [3.05, 3.63) is 36.0 Å². The minimum absolute atomic E-state index is 0. The molecule has 2 fully saturated rings. The van der Waals surface area contributed by atoms with Crippen molar-refractivity contribution in [1.29, 1.82) is 0 Å². The minimum Gasteiger partial charge on any atom is -1.00 e. The Labute approximate surface area is 177 Å². The van der Waals surface area contributed by atoms with E-state index in [1.807, 2.05) is 0 Å². The van der Waals surface area contributed by atoms with Crippen molar-refractivity contribution in [2.24, 2.45) is 0 Å². The fourth-order valence-corrected chi connectivity index (χ4v) is 5.20. The second kappa shape index (κ2) is 9.17. The van der Waals surface area contributed by atoms with Crippen LogP contribution in [0.1, 0.15) is 44.1 Å². The Kier molecular flexibility index (Phi) is 7.66. The zero-order chi connectivity index (χ0) is 17.3. The van der Waals surface area contributed by atoms with Gasteiger partial charge in [-0.1, -0.05) is 18.2 Å². The third-order valence-electron chi connectivity index (χ3n) is 6.71. The van der Waals surface area contributed by atoms with Gasteiger partial charge in [0.15, 0.2) is 6.67 Å². The molecule has 3 heterocycles. The Bertz CT molecular complexity index is 668. The number of benzene rings is 1. The lowest BCUT2D eigenvalue weighted by Gasteiger charge is -2.38. The largest absolute Gasteiger partial charge is 1.00 e. The molecule has 0 unspecified atom stereocenters. The lowest BCUT2D eigenvalue weighted by Crippen LogP contribution is -3.00. The van der Waals surface area contributed by atoms with Gasteiger partial charge in [0.1, 0.15) is 6.54 Å². The van der Waals surface area contributed by atoms with Gasteiger partial charge >= 0.3 is 0 Å². The van der Waals surface area contributed by atoms with Crippen molar-refractivity contribution in [2.45, 2.75) is 51.7 Å². The van der Waals surface area contributed by atoms with Crippen LogP contribution in [0.4, 0.5) is 0 Å². The Morgan fingerprint density at radius 3 is 1.96 bits per heavy atom. The molecular weight excluding hydrogens is 377 g/mol. The standard InChI is InChI=1S/C22H35N3.2ClH/c1-24(13-7-3-8-14-24)18-20-17-23(22-12-6-5-11-21(20)22)19-25(2)15-9-4-10-16-25;;/h5-6,11-12,17H,3-4,7-10,13-16,18-19H2,1-2H3;2*1H/q+2;;/p-2. The fourth-order valence-electron chi connectivity index (χ4n) is 5.20. The highest BCUT2D eigenvalue weighted by atomic mass is 35.5. The summed E-state index contributed by atoms with van der Waals surface area (Å²) >= 11 is 0. The number of fused-ring (bicyclic) bond motifs is 1. The highest BCUT2D eigenvalue weighted by Gasteiger charge is 2.29. The maximum Gasteiger partial charge on any atom is 0.158 e. The van der Waals surface area contributed by atoms with E-state index in [1.54, 1.807) is 5.56 Å². The number of hydrogen-bond donors (Lipinski definition) is 0. The SMILES string of the molecule is C[N+]1(Cc2cn(C[N+]3(C)CCCCC3)c3ccccc23)CCCCC1.[Cl-].[Cl-]. The number of aromatic nitrogens is 1. The first-order valence-electron chi connectivity index (χ1n) is 10.3. The van der Waals surface area contributed by atoms with E-state index in [2.05, 4.69) is 49.1 Å². The van der Waals surface area contributed by atoms with Gasteiger partial charge in [-0.3, -0.25) is 4.57 Å².